The lowest BCUT2D eigenvalue weighted by atomic mass is 9.81. The fraction of sp³-hybridized carbons (Fsp3) is 0.889. The minimum Gasteiger partial charge on any atom is -0.197 e. The zero-order chi connectivity index (χ0) is 8.27. The van der Waals surface area contributed by atoms with E-state index >= 15 is 0 Å². The summed E-state index contributed by atoms with van der Waals surface area (Å²) in [7, 11) is 0. The van der Waals surface area contributed by atoms with Crippen LogP contribution in [0.3, 0.4) is 0 Å². The van der Waals surface area contributed by atoms with Crippen molar-refractivity contribution >= 4 is 11.6 Å². The predicted molar refractivity (Wildman–Crippen MR) is 46.4 cm³/mol. The second-order valence-corrected chi connectivity index (χ2v) is 4.03. The van der Waals surface area contributed by atoms with Gasteiger partial charge >= 0.3 is 0 Å². The number of rotatable bonds is 1. The molecule has 0 aromatic carbocycles. The average Bonchev–Trinajstić information content (AvgIpc) is 2.03. The lowest BCUT2D eigenvalue weighted by Gasteiger charge is -2.26. The lowest BCUT2D eigenvalue weighted by molar-refractivity contribution is 0.289. The van der Waals surface area contributed by atoms with Crippen LogP contribution < -0.4 is 0 Å². The van der Waals surface area contributed by atoms with Crippen molar-refractivity contribution < 1.29 is 0 Å². The summed E-state index contributed by atoms with van der Waals surface area (Å²) in [5, 5.41) is 8.34. The van der Waals surface area contributed by atoms with Crippen LogP contribution in [-0.4, -0.2) is 5.38 Å². The first kappa shape index (κ1) is 8.87. The molecule has 2 heteroatoms. The Hall–Kier alpha value is -0.220. The molecule has 3 atom stereocenters. The first-order valence-corrected chi connectivity index (χ1v) is 4.71. The van der Waals surface area contributed by atoms with E-state index in [4.69, 9.17) is 16.9 Å². The van der Waals surface area contributed by atoms with Gasteiger partial charge in [-0.15, -0.1) is 11.6 Å². The Morgan fingerprint density at radius 2 is 2.27 bits per heavy atom. The smallest absolute Gasteiger partial charge is 0.123 e. The van der Waals surface area contributed by atoms with Gasteiger partial charge in [-0.1, -0.05) is 19.8 Å². The SMILES string of the molecule is CC1CCCC(C(Cl)C#N)C1. The summed E-state index contributed by atoms with van der Waals surface area (Å²) in [6.45, 7) is 2.24. The number of nitriles is 1. The van der Waals surface area contributed by atoms with Crippen LogP contribution in [0.15, 0.2) is 0 Å². The first-order valence-electron chi connectivity index (χ1n) is 4.27. The molecule has 1 nitrogen and oxygen atoms in total. The molecule has 0 spiro atoms. The largest absolute Gasteiger partial charge is 0.197 e. The van der Waals surface area contributed by atoms with E-state index in [1.807, 2.05) is 0 Å². The molecule has 0 heterocycles. The van der Waals surface area contributed by atoms with Crippen LogP contribution in [0.2, 0.25) is 0 Å². The second kappa shape index (κ2) is 3.97. The van der Waals surface area contributed by atoms with Crippen molar-refractivity contribution in [2.24, 2.45) is 11.8 Å². The van der Waals surface area contributed by atoms with Gasteiger partial charge in [-0.25, -0.2) is 0 Å². The second-order valence-electron chi connectivity index (χ2n) is 3.56. The third-order valence-electron chi connectivity index (χ3n) is 2.51. The Bertz CT molecular complexity index is 161. The minimum atomic E-state index is -0.252. The Labute approximate surface area is 73.3 Å². The van der Waals surface area contributed by atoms with Crippen molar-refractivity contribution in [3.63, 3.8) is 0 Å². The molecular formula is C9H14ClN. The number of hydrogen-bond acceptors (Lipinski definition) is 1. The van der Waals surface area contributed by atoms with Gasteiger partial charge in [0.2, 0.25) is 0 Å². The van der Waals surface area contributed by atoms with Gasteiger partial charge in [-0.2, -0.15) is 5.26 Å². The van der Waals surface area contributed by atoms with Gasteiger partial charge in [-0.3, -0.25) is 0 Å². The molecule has 0 amide bonds. The number of halogens is 1. The Morgan fingerprint density at radius 1 is 1.55 bits per heavy atom. The van der Waals surface area contributed by atoms with Crippen molar-refractivity contribution in [3.8, 4) is 6.07 Å². The summed E-state index contributed by atoms with van der Waals surface area (Å²) in [5.41, 5.74) is 0. The van der Waals surface area contributed by atoms with Crippen LogP contribution in [-0.2, 0) is 0 Å². The molecule has 0 aromatic heterocycles. The van der Waals surface area contributed by atoms with Crippen molar-refractivity contribution in [1.82, 2.24) is 0 Å². The van der Waals surface area contributed by atoms with Crippen molar-refractivity contribution in [2.75, 3.05) is 0 Å². The molecule has 1 saturated carbocycles. The molecule has 0 saturated heterocycles. The average molecular weight is 172 g/mol. The molecule has 0 aliphatic heterocycles. The van der Waals surface area contributed by atoms with Gasteiger partial charge in [0.25, 0.3) is 0 Å². The van der Waals surface area contributed by atoms with Gasteiger partial charge in [0.15, 0.2) is 0 Å². The van der Waals surface area contributed by atoms with Crippen molar-refractivity contribution in [1.29, 1.82) is 5.26 Å². The maximum Gasteiger partial charge on any atom is 0.123 e. The summed E-state index contributed by atoms with van der Waals surface area (Å²) >= 11 is 5.85. The summed E-state index contributed by atoms with van der Waals surface area (Å²) in [5.74, 6) is 1.22. The van der Waals surface area contributed by atoms with Crippen molar-refractivity contribution in [2.45, 2.75) is 38.0 Å². The molecule has 62 valence electrons. The highest BCUT2D eigenvalue weighted by atomic mass is 35.5. The summed E-state index contributed by atoms with van der Waals surface area (Å²) in [4.78, 5) is 0. The highest BCUT2D eigenvalue weighted by Crippen LogP contribution is 2.32. The minimum absolute atomic E-state index is 0.252. The monoisotopic (exact) mass is 171 g/mol. The van der Waals surface area contributed by atoms with Crippen LogP contribution >= 0.6 is 11.6 Å². The molecule has 1 fully saturated rings. The maximum absolute atomic E-state index is 8.59. The zero-order valence-corrected chi connectivity index (χ0v) is 7.64. The quantitative estimate of drug-likeness (QED) is 0.557. The first-order chi connectivity index (χ1) is 5.24. The van der Waals surface area contributed by atoms with E-state index in [2.05, 4.69) is 13.0 Å². The fourth-order valence-electron chi connectivity index (χ4n) is 1.85. The third kappa shape index (κ3) is 2.38. The van der Waals surface area contributed by atoms with E-state index in [1.54, 1.807) is 0 Å². The molecule has 0 radical (unpaired) electrons. The van der Waals surface area contributed by atoms with Crippen molar-refractivity contribution in [3.05, 3.63) is 0 Å². The van der Waals surface area contributed by atoms with Gasteiger partial charge in [0.1, 0.15) is 5.38 Å². The van der Waals surface area contributed by atoms with Gasteiger partial charge in [0, 0.05) is 0 Å². The highest BCUT2D eigenvalue weighted by Gasteiger charge is 2.24. The fourth-order valence-corrected chi connectivity index (χ4v) is 2.08. The Kier molecular flexibility index (Phi) is 3.20. The zero-order valence-electron chi connectivity index (χ0n) is 6.89. The molecule has 11 heavy (non-hydrogen) atoms. The summed E-state index contributed by atoms with van der Waals surface area (Å²) < 4.78 is 0. The van der Waals surface area contributed by atoms with E-state index < -0.39 is 0 Å². The van der Waals surface area contributed by atoms with Crippen LogP contribution in [0.1, 0.15) is 32.6 Å². The van der Waals surface area contributed by atoms with E-state index in [0.717, 1.165) is 18.8 Å². The molecular weight excluding hydrogens is 158 g/mol. The predicted octanol–water partition coefficient (Wildman–Crippen LogP) is 2.94. The van der Waals surface area contributed by atoms with Crippen LogP contribution in [0, 0.1) is 23.2 Å². The van der Waals surface area contributed by atoms with E-state index in [0.29, 0.717) is 5.92 Å². The highest BCUT2D eigenvalue weighted by molar-refractivity contribution is 6.22. The Morgan fingerprint density at radius 3 is 2.82 bits per heavy atom. The van der Waals surface area contributed by atoms with E-state index in [9.17, 15) is 0 Å². The normalized spacial score (nSPS) is 34.3. The lowest BCUT2D eigenvalue weighted by Crippen LogP contribution is -2.20. The van der Waals surface area contributed by atoms with Gasteiger partial charge < -0.3 is 0 Å². The van der Waals surface area contributed by atoms with Crippen LogP contribution in [0.5, 0.6) is 0 Å². The summed E-state index contributed by atoms with van der Waals surface area (Å²) in [6.07, 6.45) is 4.84. The Balaban J connectivity index is 2.40. The number of alkyl halides is 1. The molecule has 0 aromatic rings. The summed E-state index contributed by atoms with van der Waals surface area (Å²) in [6, 6.07) is 2.12. The molecule has 3 unspecified atom stereocenters. The molecule has 1 rings (SSSR count). The number of hydrogen-bond donors (Lipinski definition) is 0. The maximum atomic E-state index is 8.59. The van der Waals surface area contributed by atoms with E-state index in [1.165, 1.54) is 12.8 Å². The van der Waals surface area contributed by atoms with Gasteiger partial charge in [0.05, 0.1) is 6.07 Å². The molecule has 1 aliphatic rings. The van der Waals surface area contributed by atoms with Crippen LogP contribution in [0.4, 0.5) is 0 Å². The van der Waals surface area contributed by atoms with Crippen LogP contribution in [0.25, 0.3) is 0 Å². The standard InChI is InChI=1S/C9H14ClN/c1-7-3-2-4-8(5-7)9(10)6-11/h7-9H,2-5H2,1H3. The number of nitrogens with zero attached hydrogens (tertiary/aromatic N) is 1. The third-order valence-corrected chi connectivity index (χ3v) is 2.97. The molecule has 0 bridgehead atoms. The van der Waals surface area contributed by atoms with E-state index in [-0.39, 0.29) is 5.38 Å². The molecule has 1 aliphatic carbocycles. The molecule has 0 N–H and O–H groups in total. The topological polar surface area (TPSA) is 23.8 Å². The van der Waals surface area contributed by atoms with Gasteiger partial charge in [-0.05, 0) is 24.7 Å².